The van der Waals surface area contributed by atoms with Crippen LogP contribution >= 0.6 is 0 Å². The second-order valence-corrected chi connectivity index (χ2v) is 3.94. The fourth-order valence-corrected chi connectivity index (χ4v) is 2.06. The van der Waals surface area contributed by atoms with Crippen LogP contribution in [0.1, 0.15) is 29.6 Å². The van der Waals surface area contributed by atoms with Gasteiger partial charge in [0.1, 0.15) is 0 Å². The maximum atomic E-state index is 11.7. The first kappa shape index (κ1) is 10.7. The van der Waals surface area contributed by atoms with Crippen molar-refractivity contribution in [2.75, 3.05) is 0 Å². The molecule has 1 amide bonds. The number of aromatic amines is 1. The molecule has 0 radical (unpaired) electrons. The van der Waals surface area contributed by atoms with Gasteiger partial charge in [0.2, 0.25) is 0 Å². The zero-order valence-corrected chi connectivity index (χ0v) is 8.64. The number of rotatable bonds is 3. The lowest BCUT2D eigenvalue weighted by Crippen LogP contribution is -2.40. The Hall–Kier alpha value is -1.85. The summed E-state index contributed by atoms with van der Waals surface area (Å²) >= 11 is 0. The largest absolute Gasteiger partial charge is 0.481 e. The molecule has 2 atom stereocenters. The van der Waals surface area contributed by atoms with Gasteiger partial charge in [-0.2, -0.15) is 5.10 Å². The number of amides is 1. The Balaban J connectivity index is 1.99. The molecule has 2 rings (SSSR count). The Kier molecular flexibility index (Phi) is 2.89. The first-order chi connectivity index (χ1) is 7.68. The van der Waals surface area contributed by atoms with Crippen LogP contribution in [0.5, 0.6) is 0 Å². The number of carbonyl (C=O) groups is 2. The highest BCUT2D eigenvalue weighted by atomic mass is 16.4. The molecule has 0 aliphatic heterocycles. The van der Waals surface area contributed by atoms with E-state index in [9.17, 15) is 9.59 Å². The smallest absolute Gasteiger partial charge is 0.308 e. The number of nitrogens with one attached hydrogen (secondary N) is 2. The minimum Gasteiger partial charge on any atom is -0.481 e. The minimum absolute atomic E-state index is 0.264. The quantitative estimate of drug-likeness (QED) is 0.690. The van der Waals surface area contributed by atoms with Crippen molar-refractivity contribution in [3.8, 4) is 0 Å². The van der Waals surface area contributed by atoms with Crippen molar-refractivity contribution in [1.29, 1.82) is 0 Å². The molecular formula is C10H13N3O3. The van der Waals surface area contributed by atoms with Gasteiger partial charge in [-0.1, -0.05) is 6.42 Å². The summed E-state index contributed by atoms with van der Waals surface area (Å²) in [6, 6.07) is -0.264. The minimum atomic E-state index is -0.838. The number of hydrogen-bond donors (Lipinski definition) is 3. The predicted octanol–water partition coefficient (Wildman–Crippen LogP) is 0.393. The van der Waals surface area contributed by atoms with Crippen LogP contribution in [0.2, 0.25) is 0 Å². The molecule has 1 aliphatic rings. The second-order valence-electron chi connectivity index (χ2n) is 3.94. The number of carboxylic acids is 1. The fourth-order valence-electron chi connectivity index (χ4n) is 2.06. The molecule has 1 heterocycles. The number of hydrogen-bond acceptors (Lipinski definition) is 3. The number of aromatic nitrogens is 2. The van der Waals surface area contributed by atoms with Gasteiger partial charge >= 0.3 is 5.97 Å². The van der Waals surface area contributed by atoms with E-state index < -0.39 is 11.9 Å². The van der Waals surface area contributed by atoms with E-state index in [-0.39, 0.29) is 11.9 Å². The van der Waals surface area contributed by atoms with Crippen LogP contribution in [0.15, 0.2) is 12.4 Å². The maximum absolute atomic E-state index is 11.7. The van der Waals surface area contributed by atoms with Crippen LogP contribution in [-0.2, 0) is 4.79 Å². The molecule has 16 heavy (non-hydrogen) atoms. The number of carbonyl (C=O) groups excluding carboxylic acids is 1. The zero-order valence-electron chi connectivity index (χ0n) is 8.64. The number of aliphatic carboxylic acids is 1. The number of nitrogens with zero attached hydrogens (tertiary/aromatic N) is 1. The van der Waals surface area contributed by atoms with E-state index in [1.807, 2.05) is 0 Å². The van der Waals surface area contributed by atoms with Gasteiger partial charge in [-0.25, -0.2) is 0 Å². The van der Waals surface area contributed by atoms with Gasteiger partial charge in [-0.15, -0.1) is 0 Å². The van der Waals surface area contributed by atoms with Crippen LogP contribution in [0.4, 0.5) is 0 Å². The number of carboxylic acid groups (broad SMARTS) is 1. The maximum Gasteiger partial charge on any atom is 0.308 e. The SMILES string of the molecule is O=C(NC1CCCC1C(=O)O)c1cn[nH]c1. The summed E-state index contributed by atoms with van der Waals surface area (Å²) in [5.41, 5.74) is 0.427. The lowest BCUT2D eigenvalue weighted by atomic mass is 10.0. The molecule has 1 aromatic heterocycles. The summed E-state index contributed by atoms with van der Waals surface area (Å²) in [6.07, 6.45) is 5.10. The molecule has 6 nitrogen and oxygen atoms in total. The van der Waals surface area contributed by atoms with Crippen LogP contribution in [0.25, 0.3) is 0 Å². The van der Waals surface area contributed by atoms with Crippen molar-refractivity contribution in [3.05, 3.63) is 18.0 Å². The van der Waals surface area contributed by atoms with Gasteiger partial charge in [0.05, 0.1) is 17.7 Å². The van der Waals surface area contributed by atoms with Crippen LogP contribution < -0.4 is 5.32 Å². The summed E-state index contributed by atoms with van der Waals surface area (Å²) < 4.78 is 0. The summed E-state index contributed by atoms with van der Waals surface area (Å²) in [5.74, 6) is -1.57. The van der Waals surface area contributed by atoms with Gasteiger partial charge in [0.15, 0.2) is 0 Å². The van der Waals surface area contributed by atoms with Crippen molar-refractivity contribution in [1.82, 2.24) is 15.5 Å². The van der Waals surface area contributed by atoms with E-state index in [4.69, 9.17) is 5.11 Å². The monoisotopic (exact) mass is 223 g/mol. The highest BCUT2D eigenvalue weighted by Crippen LogP contribution is 2.25. The molecule has 1 fully saturated rings. The highest BCUT2D eigenvalue weighted by Gasteiger charge is 2.34. The molecule has 6 heteroatoms. The average Bonchev–Trinajstić information content (AvgIpc) is 2.86. The first-order valence-corrected chi connectivity index (χ1v) is 5.21. The molecule has 3 N–H and O–H groups in total. The summed E-state index contributed by atoms with van der Waals surface area (Å²) in [7, 11) is 0. The van der Waals surface area contributed by atoms with E-state index in [1.54, 1.807) is 0 Å². The lowest BCUT2D eigenvalue weighted by molar-refractivity contribution is -0.142. The third-order valence-electron chi connectivity index (χ3n) is 2.91. The van der Waals surface area contributed by atoms with Crippen LogP contribution in [0, 0.1) is 5.92 Å². The van der Waals surface area contributed by atoms with Gasteiger partial charge in [0, 0.05) is 12.2 Å². The highest BCUT2D eigenvalue weighted by molar-refractivity contribution is 5.94. The summed E-state index contributed by atoms with van der Waals surface area (Å²) in [4.78, 5) is 22.6. The van der Waals surface area contributed by atoms with Crippen molar-refractivity contribution >= 4 is 11.9 Å². The van der Waals surface area contributed by atoms with E-state index in [2.05, 4.69) is 15.5 Å². The molecular weight excluding hydrogens is 210 g/mol. The van der Waals surface area contributed by atoms with E-state index in [0.717, 1.165) is 12.8 Å². The van der Waals surface area contributed by atoms with Gasteiger partial charge in [-0.3, -0.25) is 14.7 Å². The Morgan fingerprint density at radius 2 is 2.31 bits per heavy atom. The molecule has 0 bridgehead atoms. The lowest BCUT2D eigenvalue weighted by Gasteiger charge is -2.16. The van der Waals surface area contributed by atoms with E-state index in [0.29, 0.717) is 12.0 Å². The second kappa shape index (κ2) is 4.34. The zero-order chi connectivity index (χ0) is 11.5. The number of H-pyrrole nitrogens is 1. The molecule has 86 valence electrons. The van der Waals surface area contributed by atoms with Gasteiger partial charge in [0.25, 0.3) is 5.91 Å². The fraction of sp³-hybridized carbons (Fsp3) is 0.500. The molecule has 1 aromatic rings. The summed E-state index contributed by atoms with van der Waals surface area (Å²) in [6.45, 7) is 0. The average molecular weight is 223 g/mol. The van der Waals surface area contributed by atoms with Crippen molar-refractivity contribution < 1.29 is 14.7 Å². The molecule has 1 saturated carbocycles. The third kappa shape index (κ3) is 2.05. The molecule has 1 aliphatic carbocycles. The first-order valence-electron chi connectivity index (χ1n) is 5.21. The van der Waals surface area contributed by atoms with Crippen LogP contribution in [-0.4, -0.2) is 33.2 Å². The third-order valence-corrected chi connectivity index (χ3v) is 2.91. The molecule has 2 unspecified atom stereocenters. The van der Waals surface area contributed by atoms with Crippen LogP contribution in [0.3, 0.4) is 0 Å². The van der Waals surface area contributed by atoms with Crippen molar-refractivity contribution in [2.24, 2.45) is 5.92 Å². The predicted molar refractivity (Wildman–Crippen MR) is 54.8 cm³/mol. The van der Waals surface area contributed by atoms with Crippen molar-refractivity contribution in [2.45, 2.75) is 25.3 Å². The van der Waals surface area contributed by atoms with Gasteiger partial charge < -0.3 is 10.4 Å². The van der Waals surface area contributed by atoms with Gasteiger partial charge in [-0.05, 0) is 12.8 Å². The molecule has 0 spiro atoms. The van der Waals surface area contributed by atoms with E-state index >= 15 is 0 Å². The van der Waals surface area contributed by atoms with E-state index in [1.165, 1.54) is 12.4 Å². The standard InChI is InChI=1S/C10H13N3O3/c14-9(6-4-11-12-5-6)13-8-3-1-2-7(8)10(15)16/h4-5,7-8H,1-3H2,(H,11,12)(H,13,14)(H,15,16). The molecule has 0 saturated heterocycles. The normalized spacial score (nSPS) is 24.2. The Bertz CT molecular complexity index is 388. The Morgan fingerprint density at radius 1 is 1.50 bits per heavy atom. The Morgan fingerprint density at radius 3 is 2.94 bits per heavy atom. The Labute approximate surface area is 92.0 Å². The topological polar surface area (TPSA) is 95.1 Å². The van der Waals surface area contributed by atoms with Crippen molar-refractivity contribution in [3.63, 3.8) is 0 Å². The summed E-state index contributed by atoms with van der Waals surface area (Å²) in [5, 5.41) is 17.9. The molecule has 0 aromatic carbocycles.